The van der Waals surface area contributed by atoms with Crippen molar-refractivity contribution >= 4 is 0 Å². The van der Waals surface area contributed by atoms with E-state index in [1.807, 2.05) is 13.8 Å². The Bertz CT molecular complexity index is 214. The van der Waals surface area contributed by atoms with E-state index in [2.05, 4.69) is 9.97 Å². The first-order chi connectivity index (χ1) is 5.05. The monoisotopic (exact) mass is 154 g/mol. The van der Waals surface area contributed by atoms with E-state index in [-0.39, 0.29) is 5.92 Å². The van der Waals surface area contributed by atoms with Crippen molar-refractivity contribution < 1.29 is 5.11 Å². The van der Waals surface area contributed by atoms with Crippen molar-refractivity contribution in [3.8, 4) is 0 Å². The third-order valence-corrected chi connectivity index (χ3v) is 2.10. The highest BCUT2D eigenvalue weighted by molar-refractivity contribution is 5.00. The van der Waals surface area contributed by atoms with E-state index in [9.17, 15) is 5.11 Å². The van der Waals surface area contributed by atoms with E-state index >= 15 is 0 Å². The van der Waals surface area contributed by atoms with Gasteiger partial charge in [0.25, 0.3) is 0 Å². The Labute approximate surface area is 66.5 Å². The van der Waals surface area contributed by atoms with Crippen LogP contribution < -0.4 is 0 Å². The lowest BCUT2D eigenvalue weighted by Gasteiger charge is -2.24. The van der Waals surface area contributed by atoms with Crippen molar-refractivity contribution in [1.29, 1.82) is 0 Å². The molecule has 1 aromatic rings. The van der Waals surface area contributed by atoms with Crippen LogP contribution in [-0.4, -0.2) is 15.1 Å². The smallest absolute Gasteiger partial charge is 0.138 e. The van der Waals surface area contributed by atoms with Gasteiger partial charge < -0.3 is 10.1 Å². The zero-order chi connectivity index (χ0) is 8.48. The SMILES string of the molecule is CC(C)[C@](C)(O)c1ncc[nH]1. The molecule has 0 fully saturated rings. The maximum atomic E-state index is 9.86. The molecule has 1 heterocycles. The minimum Gasteiger partial charge on any atom is -0.382 e. The standard InChI is InChI=1S/C8H14N2O/c1-6(2)8(3,11)7-9-4-5-10-7/h4-6,11H,1-3H3,(H,9,10)/t8-/m0/s1. The predicted molar refractivity (Wildman–Crippen MR) is 43.0 cm³/mol. The van der Waals surface area contributed by atoms with Crippen molar-refractivity contribution in [2.45, 2.75) is 26.4 Å². The lowest BCUT2D eigenvalue weighted by Crippen LogP contribution is -2.29. The van der Waals surface area contributed by atoms with Gasteiger partial charge in [-0.3, -0.25) is 0 Å². The predicted octanol–water partition coefficient (Wildman–Crippen LogP) is 1.27. The molecule has 62 valence electrons. The van der Waals surface area contributed by atoms with Crippen molar-refractivity contribution in [2.75, 3.05) is 0 Å². The molecule has 1 aromatic heterocycles. The Morgan fingerprint density at radius 2 is 2.27 bits per heavy atom. The van der Waals surface area contributed by atoms with Crippen LogP contribution >= 0.6 is 0 Å². The highest BCUT2D eigenvalue weighted by Crippen LogP contribution is 2.25. The van der Waals surface area contributed by atoms with Crippen LogP contribution in [0.1, 0.15) is 26.6 Å². The van der Waals surface area contributed by atoms with Gasteiger partial charge in [-0.2, -0.15) is 0 Å². The molecule has 0 bridgehead atoms. The summed E-state index contributed by atoms with van der Waals surface area (Å²) in [5.41, 5.74) is -0.844. The fraction of sp³-hybridized carbons (Fsp3) is 0.625. The number of aromatic amines is 1. The van der Waals surface area contributed by atoms with Crippen LogP contribution in [0.15, 0.2) is 12.4 Å². The Kier molecular flexibility index (Phi) is 2.00. The fourth-order valence-corrected chi connectivity index (χ4v) is 0.816. The molecule has 0 radical (unpaired) electrons. The maximum Gasteiger partial charge on any atom is 0.138 e. The van der Waals surface area contributed by atoms with Crippen LogP contribution in [0.5, 0.6) is 0 Å². The average Bonchev–Trinajstić information content (AvgIpc) is 2.37. The van der Waals surface area contributed by atoms with Crippen LogP contribution in [-0.2, 0) is 5.60 Å². The Balaban J connectivity index is 2.90. The summed E-state index contributed by atoms with van der Waals surface area (Å²) in [7, 11) is 0. The largest absolute Gasteiger partial charge is 0.382 e. The number of nitrogens with zero attached hydrogens (tertiary/aromatic N) is 1. The van der Waals surface area contributed by atoms with Gasteiger partial charge in [0.15, 0.2) is 0 Å². The first kappa shape index (κ1) is 8.27. The van der Waals surface area contributed by atoms with Crippen molar-refractivity contribution in [3.05, 3.63) is 18.2 Å². The highest BCUT2D eigenvalue weighted by Gasteiger charge is 2.29. The summed E-state index contributed by atoms with van der Waals surface area (Å²) in [5.74, 6) is 0.793. The van der Waals surface area contributed by atoms with Crippen molar-refractivity contribution in [2.24, 2.45) is 5.92 Å². The molecular weight excluding hydrogens is 140 g/mol. The van der Waals surface area contributed by atoms with E-state index in [0.717, 1.165) is 0 Å². The van der Waals surface area contributed by atoms with Gasteiger partial charge >= 0.3 is 0 Å². The normalized spacial score (nSPS) is 16.8. The van der Waals surface area contributed by atoms with Crippen LogP contribution in [0.25, 0.3) is 0 Å². The molecule has 1 atom stereocenters. The summed E-state index contributed by atoms with van der Waals surface area (Å²) in [6, 6.07) is 0. The molecule has 0 amide bonds. The maximum absolute atomic E-state index is 9.86. The molecule has 1 rings (SSSR count). The Morgan fingerprint density at radius 3 is 2.64 bits per heavy atom. The van der Waals surface area contributed by atoms with Gasteiger partial charge in [0.1, 0.15) is 11.4 Å². The molecular formula is C8H14N2O. The molecule has 3 heteroatoms. The van der Waals surface area contributed by atoms with Crippen LogP contribution in [0.2, 0.25) is 0 Å². The van der Waals surface area contributed by atoms with Crippen LogP contribution in [0.4, 0.5) is 0 Å². The zero-order valence-electron chi connectivity index (χ0n) is 7.13. The van der Waals surface area contributed by atoms with E-state index in [1.165, 1.54) is 0 Å². The molecule has 3 nitrogen and oxygen atoms in total. The number of aromatic nitrogens is 2. The van der Waals surface area contributed by atoms with Gasteiger partial charge in [-0.25, -0.2) is 4.98 Å². The number of hydrogen-bond acceptors (Lipinski definition) is 2. The van der Waals surface area contributed by atoms with E-state index in [0.29, 0.717) is 5.82 Å². The third kappa shape index (κ3) is 1.43. The number of H-pyrrole nitrogens is 1. The molecule has 0 saturated heterocycles. The summed E-state index contributed by atoms with van der Waals surface area (Å²) >= 11 is 0. The quantitative estimate of drug-likeness (QED) is 0.674. The second-order valence-electron chi connectivity index (χ2n) is 3.24. The topological polar surface area (TPSA) is 48.9 Å². The van der Waals surface area contributed by atoms with E-state index < -0.39 is 5.60 Å². The van der Waals surface area contributed by atoms with E-state index in [4.69, 9.17) is 0 Å². The van der Waals surface area contributed by atoms with E-state index in [1.54, 1.807) is 19.3 Å². The molecule has 0 aromatic carbocycles. The van der Waals surface area contributed by atoms with Crippen LogP contribution in [0, 0.1) is 5.92 Å². The minimum absolute atomic E-state index is 0.161. The summed E-state index contributed by atoms with van der Waals surface area (Å²) in [6.07, 6.45) is 3.36. The lowest BCUT2D eigenvalue weighted by molar-refractivity contribution is 0.00117. The zero-order valence-corrected chi connectivity index (χ0v) is 7.13. The molecule has 2 N–H and O–H groups in total. The number of imidazole rings is 1. The molecule has 11 heavy (non-hydrogen) atoms. The fourth-order valence-electron chi connectivity index (χ4n) is 0.816. The van der Waals surface area contributed by atoms with Crippen molar-refractivity contribution in [1.82, 2.24) is 9.97 Å². The summed E-state index contributed by atoms with van der Waals surface area (Å²) in [5, 5.41) is 9.86. The van der Waals surface area contributed by atoms with Gasteiger partial charge in [-0.15, -0.1) is 0 Å². The third-order valence-electron chi connectivity index (χ3n) is 2.10. The molecule has 0 saturated carbocycles. The Morgan fingerprint density at radius 1 is 1.64 bits per heavy atom. The van der Waals surface area contributed by atoms with Gasteiger partial charge in [-0.05, 0) is 12.8 Å². The lowest BCUT2D eigenvalue weighted by atomic mass is 9.92. The second-order valence-corrected chi connectivity index (χ2v) is 3.24. The summed E-state index contributed by atoms with van der Waals surface area (Å²) < 4.78 is 0. The molecule has 0 aliphatic carbocycles. The summed E-state index contributed by atoms with van der Waals surface area (Å²) in [6.45, 7) is 5.68. The number of hydrogen-bond donors (Lipinski definition) is 2. The Hall–Kier alpha value is -0.830. The number of nitrogens with one attached hydrogen (secondary N) is 1. The van der Waals surface area contributed by atoms with Crippen LogP contribution in [0.3, 0.4) is 0 Å². The second kappa shape index (κ2) is 2.66. The van der Waals surface area contributed by atoms with Crippen molar-refractivity contribution in [3.63, 3.8) is 0 Å². The van der Waals surface area contributed by atoms with Gasteiger partial charge in [0, 0.05) is 12.4 Å². The number of aliphatic hydroxyl groups is 1. The molecule has 0 spiro atoms. The van der Waals surface area contributed by atoms with Gasteiger partial charge in [0.2, 0.25) is 0 Å². The highest BCUT2D eigenvalue weighted by atomic mass is 16.3. The molecule has 0 aliphatic rings. The summed E-state index contributed by atoms with van der Waals surface area (Å²) in [4.78, 5) is 6.90. The van der Waals surface area contributed by atoms with Gasteiger partial charge in [-0.1, -0.05) is 13.8 Å². The molecule has 0 aliphatic heterocycles. The van der Waals surface area contributed by atoms with Gasteiger partial charge in [0.05, 0.1) is 0 Å². The average molecular weight is 154 g/mol. The first-order valence-electron chi connectivity index (χ1n) is 3.77. The number of rotatable bonds is 2. The molecule has 0 unspecified atom stereocenters. The first-order valence-corrected chi connectivity index (χ1v) is 3.77. The minimum atomic E-state index is -0.844.